The summed E-state index contributed by atoms with van der Waals surface area (Å²) >= 11 is 0. The van der Waals surface area contributed by atoms with Crippen LogP contribution < -0.4 is 0 Å². The molecule has 0 aliphatic heterocycles. The first-order valence-electron chi connectivity index (χ1n) is 14.9. The summed E-state index contributed by atoms with van der Waals surface area (Å²) in [5, 5.41) is 32.9. The molecule has 0 radical (unpaired) electrons. The van der Waals surface area contributed by atoms with Crippen molar-refractivity contribution in [1.82, 2.24) is 0 Å². The molecular weight excluding hydrogens is 464 g/mol. The Morgan fingerprint density at radius 1 is 1.03 bits per heavy atom. The second-order valence-electron chi connectivity index (χ2n) is 15.0. The quantitative estimate of drug-likeness (QED) is 0.295. The van der Waals surface area contributed by atoms with Gasteiger partial charge in [-0.3, -0.25) is 4.79 Å². The maximum atomic E-state index is 11.9. The molecule has 10 atom stereocenters. The van der Waals surface area contributed by atoms with Gasteiger partial charge in [0.15, 0.2) is 0 Å². The van der Waals surface area contributed by atoms with Crippen molar-refractivity contribution in [2.45, 2.75) is 131 Å². The van der Waals surface area contributed by atoms with Gasteiger partial charge in [0.2, 0.25) is 0 Å². The van der Waals surface area contributed by atoms with Gasteiger partial charge in [-0.1, -0.05) is 46.3 Å². The third-order valence-electron chi connectivity index (χ3n) is 12.7. The molecule has 0 amide bonds. The lowest BCUT2D eigenvalue weighted by molar-refractivity contribution is -0.261. The minimum absolute atomic E-state index is 0.00312. The summed E-state index contributed by atoms with van der Waals surface area (Å²) in [6.07, 6.45) is 10.0. The molecule has 3 N–H and O–H groups in total. The van der Waals surface area contributed by atoms with Crippen molar-refractivity contribution in [1.29, 1.82) is 0 Å². The maximum Gasteiger partial charge on any atom is 0.302 e. The van der Waals surface area contributed by atoms with Crippen LogP contribution in [0.15, 0.2) is 11.6 Å². The van der Waals surface area contributed by atoms with Crippen LogP contribution in [0.1, 0.15) is 113 Å². The smallest absolute Gasteiger partial charge is 0.302 e. The van der Waals surface area contributed by atoms with Gasteiger partial charge in [0, 0.05) is 12.3 Å². The molecule has 4 rings (SSSR count). The van der Waals surface area contributed by atoms with Crippen molar-refractivity contribution < 1.29 is 24.9 Å². The zero-order valence-electron chi connectivity index (χ0n) is 24.8. The van der Waals surface area contributed by atoms with Gasteiger partial charge in [-0.2, -0.15) is 0 Å². The fraction of sp³-hybridized carbons (Fsp3) is 0.906. The predicted octanol–water partition coefficient (Wildman–Crippen LogP) is 6.04. The number of hydrogen-bond donors (Lipinski definition) is 3. The standard InChI is InChI=1S/C32H54O5/c1-20(19-33)10-9-15-32(8,36)23-13-17-30(6)22(23)11-12-25-29(5)16-14-26(37-21(2)34)28(3,4)27(29)24(35)18-31(25,30)7/h10,22-27,33,35-36H,9,11-19H2,1-8H3/b20-10+/t22-,23+,24+,25-,26+,27+,29-,30-,31-,32+/m1/s1. The van der Waals surface area contributed by atoms with Gasteiger partial charge in [0.1, 0.15) is 6.10 Å². The van der Waals surface area contributed by atoms with Crippen LogP contribution in [0.5, 0.6) is 0 Å². The highest BCUT2D eigenvalue weighted by molar-refractivity contribution is 5.66. The Bertz CT molecular complexity index is 907. The fourth-order valence-electron chi connectivity index (χ4n) is 10.9. The Balaban J connectivity index is 1.62. The van der Waals surface area contributed by atoms with Crippen molar-refractivity contribution >= 4 is 5.97 Å². The van der Waals surface area contributed by atoms with Crippen LogP contribution in [0.2, 0.25) is 0 Å². The topological polar surface area (TPSA) is 87.0 Å². The summed E-state index contributed by atoms with van der Waals surface area (Å²) in [7, 11) is 0. The molecule has 4 fully saturated rings. The molecular formula is C32H54O5. The number of fused-ring (bicyclic) bond motifs is 5. The monoisotopic (exact) mass is 518 g/mol. The molecule has 212 valence electrons. The number of aliphatic hydroxyl groups is 3. The highest BCUT2D eigenvalue weighted by Crippen LogP contribution is 2.75. The largest absolute Gasteiger partial charge is 0.462 e. The molecule has 0 bridgehead atoms. The third kappa shape index (κ3) is 4.43. The Kier molecular flexibility index (Phi) is 7.57. The number of carbonyl (C=O) groups is 1. The average molecular weight is 519 g/mol. The molecule has 0 unspecified atom stereocenters. The average Bonchev–Trinajstić information content (AvgIpc) is 3.14. The number of rotatable bonds is 6. The van der Waals surface area contributed by atoms with Crippen molar-refractivity contribution in [3.05, 3.63) is 11.6 Å². The SMILES string of the molecule is CC(=O)O[C@H]1CC[C@]2(C)[C@H]3CC[C@@H]4[C@@H]([C@@](C)(O)CC/C=C(\C)CO)CC[C@@]4(C)[C@]3(C)C[C@H](O)[C@H]2C1(C)C. The van der Waals surface area contributed by atoms with Crippen molar-refractivity contribution in [3.63, 3.8) is 0 Å². The van der Waals surface area contributed by atoms with E-state index in [1.165, 1.54) is 6.92 Å². The van der Waals surface area contributed by atoms with Gasteiger partial charge in [-0.15, -0.1) is 0 Å². The van der Waals surface area contributed by atoms with E-state index in [9.17, 15) is 20.1 Å². The number of allylic oxidation sites excluding steroid dienone is 1. The summed E-state index contributed by atoms with van der Waals surface area (Å²) in [6.45, 7) is 17.3. The lowest BCUT2D eigenvalue weighted by Crippen LogP contribution is -2.68. The predicted molar refractivity (Wildman–Crippen MR) is 147 cm³/mol. The first-order chi connectivity index (χ1) is 17.0. The second-order valence-corrected chi connectivity index (χ2v) is 15.0. The molecule has 0 aromatic rings. The van der Waals surface area contributed by atoms with E-state index in [2.05, 4.69) is 40.7 Å². The van der Waals surface area contributed by atoms with Crippen LogP contribution in [0.4, 0.5) is 0 Å². The summed E-state index contributed by atoms with van der Waals surface area (Å²) in [6, 6.07) is 0. The van der Waals surface area contributed by atoms with Gasteiger partial charge < -0.3 is 20.1 Å². The Hall–Kier alpha value is -0.910. The second kappa shape index (κ2) is 9.63. The molecule has 37 heavy (non-hydrogen) atoms. The molecule has 5 heteroatoms. The van der Waals surface area contributed by atoms with E-state index in [0.29, 0.717) is 11.8 Å². The summed E-state index contributed by atoms with van der Waals surface area (Å²) < 4.78 is 5.81. The number of carbonyl (C=O) groups excluding carboxylic acids is 1. The summed E-state index contributed by atoms with van der Waals surface area (Å²) in [5.41, 5.74) is 0.0240. The zero-order chi connectivity index (χ0) is 27.6. The minimum Gasteiger partial charge on any atom is -0.462 e. The van der Waals surface area contributed by atoms with Crippen LogP contribution in [0, 0.1) is 45.3 Å². The fourth-order valence-corrected chi connectivity index (χ4v) is 10.9. The first kappa shape index (κ1) is 29.1. The number of ether oxygens (including phenoxy) is 1. The number of aliphatic hydroxyl groups excluding tert-OH is 2. The van der Waals surface area contributed by atoms with E-state index < -0.39 is 11.7 Å². The Labute approximate surface area is 225 Å². The van der Waals surface area contributed by atoms with E-state index in [1.54, 1.807) is 0 Å². The zero-order valence-corrected chi connectivity index (χ0v) is 24.8. The summed E-state index contributed by atoms with van der Waals surface area (Å²) in [5.74, 6) is 1.08. The van der Waals surface area contributed by atoms with Crippen LogP contribution in [0.25, 0.3) is 0 Å². The summed E-state index contributed by atoms with van der Waals surface area (Å²) in [4.78, 5) is 11.9. The molecule has 0 aromatic heterocycles. The molecule has 0 saturated heterocycles. The third-order valence-corrected chi connectivity index (χ3v) is 12.7. The Morgan fingerprint density at radius 3 is 2.32 bits per heavy atom. The minimum atomic E-state index is -0.734. The van der Waals surface area contributed by atoms with Gasteiger partial charge in [-0.05, 0) is 112 Å². The lowest BCUT2D eigenvalue weighted by Gasteiger charge is -2.71. The molecule has 5 nitrogen and oxygen atoms in total. The highest BCUT2D eigenvalue weighted by Gasteiger charge is 2.71. The van der Waals surface area contributed by atoms with Crippen molar-refractivity contribution in [2.24, 2.45) is 45.3 Å². The number of esters is 1. The molecule has 4 aliphatic carbocycles. The van der Waals surface area contributed by atoms with Crippen LogP contribution in [-0.4, -0.2) is 45.7 Å². The van der Waals surface area contributed by atoms with Crippen LogP contribution >= 0.6 is 0 Å². The Morgan fingerprint density at radius 2 is 1.70 bits per heavy atom. The lowest BCUT2D eigenvalue weighted by atomic mass is 9.35. The molecule has 0 heterocycles. The normalized spacial score (nSPS) is 46.8. The number of hydrogen-bond acceptors (Lipinski definition) is 5. The molecule has 4 aliphatic rings. The van der Waals surface area contributed by atoms with Gasteiger partial charge in [-0.25, -0.2) is 0 Å². The van der Waals surface area contributed by atoms with Gasteiger partial charge in [0.25, 0.3) is 0 Å². The van der Waals surface area contributed by atoms with E-state index in [1.807, 2.05) is 13.8 Å². The highest BCUT2D eigenvalue weighted by atomic mass is 16.5. The van der Waals surface area contributed by atoms with E-state index in [4.69, 9.17) is 4.74 Å². The molecule has 0 spiro atoms. The van der Waals surface area contributed by atoms with Crippen LogP contribution in [-0.2, 0) is 9.53 Å². The molecule has 4 saturated carbocycles. The van der Waals surface area contributed by atoms with Crippen LogP contribution in [0.3, 0.4) is 0 Å². The van der Waals surface area contributed by atoms with E-state index in [-0.39, 0.29) is 52.2 Å². The van der Waals surface area contributed by atoms with Crippen molar-refractivity contribution in [2.75, 3.05) is 6.61 Å². The first-order valence-corrected chi connectivity index (χ1v) is 14.9. The van der Waals surface area contributed by atoms with Crippen molar-refractivity contribution in [3.8, 4) is 0 Å². The maximum absolute atomic E-state index is 11.9. The van der Waals surface area contributed by atoms with E-state index >= 15 is 0 Å². The molecule has 0 aromatic carbocycles. The van der Waals surface area contributed by atoms with Gasteiger partial charge >= 0.3 is 5.97 Å². The van der Waals surface area contributed by atoms with Gasteiger partial charge in [0.05, 0.1) is 18.3 Å². The van der Waals surface area contributed by atoms with E-state index in [0.717, 1.165) is 63.4 Å².